The van der Waals surface area contributed by atoms with Crippen LogP contribution in [-0.2, 0) is 15.9 Å². The second kappa shape index (κ2) is 8.10. The standard InChI is InChI=1S/C18H28N4O3/c1-14-3-6-18(7-4-14)24-13-16(25-18)12-21-17(23)22(2)10-5-15-11-19-8-9-20-15/h8-9,11,14,16H,3-7,10,12-13H2,1-2H3,(H,21,23)/t14?,16-,18?/m0/s1. The Labute approximate surface area is 149 Å². The van der Waals surface area contributed by atoms with Crippen molar-refractivity contribution in [3.8, 4) is 0 Å². The molecule has 1 aromatic rings. The monoisotopic (exact) mass is 348 g/mol. The van der Waals surface area contributed by atoms with Gasteiger partial charge in [0.15, 0.2) is 5.79 Å². The van der Waals surface area contributed by atoms with E-state index in [1.165, 1.54) is 0 Å². The Morgan fingerprint density at radius 2 is 2.20 bits per heavy atom. The molecule has 7 nitrogen and oxygen atoms in total. The van der Waals surface area contributed by atoms with Crippen LogP contribution in [0.1, 0.15) is 38.3 Å². The highest BCUT2D eigenvalue weighted by molar-refractivity contribution is 5.73. The molecule has 2 heterocycles. The Bertz CT molecular complexity index is 561. The lowest BCUT2D eigenvalue weighted by molar-refractivity contribution is -0.191. The van der Waals surface area contributed by atoms with Crippen molar-refractivity contribution in [1.82, 2.24) is 20.2 Å². The maximum atomic E-state index is 12.2. The molecule has 1 atom stereocenters. The first-order valence-electron chi connectivity index (χ1n) is 9.12. The molecule has 1 aliphatic carbocycles. The third kappa shape index (κ3) is 4.89. The molecule has 25 heavy (non-hydrogen) atoms. The molecule has 138 valence electrons. The molecule has 0 bridgehead atoms. The lowest BCUT2D eigenvalue weighted by Crippen LogP contribution is -2.43. The van der Waals surface area contributed by atoms with E-state index >= 15 is 0 Å². The summed E-state index contributed by atoms with van der Waals surface area (Å²) in [6.07, 6.45) is 9.84. The zero-order valence-corrected chi connectivity index (χ0v) is 15.1. The number of aromatic nitrogens is 2. The maximum Gasteiger partial charge on any atom is 0.317 e. The molecule has 7 heteroatoms. The number of nitrogens with one attached hydrogen (secondary N) is 1. The van der Waals surface area contributed by atoms with Crippen molar-refractivity contribution >= 4 is 6.03 Å². The van der Waals surface area contributed by atoms with E-state index in [2.05, 4.69) is 22.2 Å². The van der Waals surface area contributed by atoms with Gasteiger partial charge >= 0.3 is 6.03 Å². The van der Waals surface area contributed by atoms with Gasteiger partial charge in [-0.25, -0.2) is 4.79 Å². The number of amides is 2. The summed E-state index contributed by atoms with van der Waals surface area (Å²) in [6.45, 7) is 3.90. The molecule has 1 aliphatic heterocycles. The van der Waals surface area contributed by atoms with Crippen LogP contribution in [0.5, 0.6) is 0 Å². The molecule has 0 aromatic carbocycles. The van der Waals surface area contributed by atoms with Crippen molar-refractivity contribution in [2.45, 2.75) is 50.9 Å². The van der Waals surface area contributed by atoms with Gasteiger partial charge in [-0.2, -0.15) is 0 Å². The first-order chi connectivity index (χ1) is 12.1. The van der Waals surface area contributed by atoms with Crippen molar-refractivity contribution in [2.24, 2.45) is 5.92 Å². The van der Waals surface area contributed by atoms with Gasteiger partial charge in [0.1, 0.15) is 6.10 Å². The second-order valence-electron chi connectivity index (χ2n) is 7.20. The number of nitrogens with zero attached hydrogens (tertiary/aromatic N) is 3. The minimum absolute atomic E-state index is 0.0641. The van der Waals surface area contributed by atoms with Gasteiger partial charge in [0, 0.05) is 58.0 Å². The van der Waals surface area contributed by atoms with Crippen molar-refractivity contribution in [2.75, 3.05) is 26.7 Å². The van der Waals surface area contributed by atoms with Crippen molar-refractivity contribution in [3.63, 3.8) is 0 Å². The number of rotatable bonds is 5. The molecular formula is C18H28N4O3. The average Bonchev–Trinajstić information content (AvgIpc) is 3.04. The molecule has 0 unspecified atom stereocenters. The van der Waals surface area contributed by atoms with Crippen LogP contribution in [0.25, 0.3) is 0 Å². The van der Waals surface area contributed by atoms with E-state index in [1.807, 2.05) is 0 Å². The van der Waals surface area contributed by atoms with Gasteiger partial charge in [0.05, 0.1) is 12.3 Å². The number of hydrogen-bond acceptors (Lipinski definition) is 5. The minimum atomic E-state index is -0.403. The summed E-state index contributed by atoms with van der Waals surface area (Å²) >= 11 is 0. The summed E-state index contributed by atoms with van der Waals surface area (Å²) in [5.41, 5.74) is 0.878. The quantitative estimate of drug-likeness (QED) is 0.880. The van der Waals surface area contributed by atoms with Crippen LogP contribution in [0.4, 0.5) is 4.79 Å². The van der Waals surface area contributed by atoms with E-state index in [1.54, 1.807) is 30.5 Å². The van der Waals surface area contributed by atoms with E-state index in [0.717, 1.165) is 37.3 Å². The molecule has 1 saturated heterocycles. The molecule has 1 aromatic heterocycles. The second-order valence-corrected chi connectivity index (χ2v) is 7.20. The Kier molecular flexibility index (Phi) is 5.86. The van der Waals surface area contributed by atoms with Crippen LogP contribution in [0, 0.1) is 5.92 Å². The molecule has 1 N–H and O–H groups in total. The third-order valence-corrected chi connectivity index (χ3v) is 5.10. The zero-order valence-electron chi connectivity index (χ0n) is 15.1. The van der Waals surface area contributed by atoms with Crippen LogP contribution in [0.2, 0.25) is 0 Å². The smallest absolute Gasteiger partial charge is 0.317 e. The Hall–Kier alpha value is -1.73. The maximum absolute atomic E-state index is 12.2. The van der Waals surface area contributed by atoms with Crippen LogP contribution >= 0.6 is 0 Å². The van der Waals surface area contributed by atoms with Gasteiger partial charge < -0.3 is 19.7 Å². The molecule has 2 aliphatic rings. The molecule has 1 saturated carbocycles. The summed E-state index contributed by atoms with van der Waals surface area (Å²) in [4.78, 5) is 22.1. The SMILES string of the molecule is CC1CCC2(CC1)OC[C@H](CNC(=O)N(C)CCc1cnccn1)O2. The van der Waals surface area contributed by atoms with Crippen molar-refractivity contribution < 1.29 is 14.3 Å². The number of hydrogen-bond donors (Lipinski definition) is 1. The first kappa shape index (κ1) is 18.1. The highest BCUT2D eigenvalue weighted by Crippen LogP contribution is 2.39. The van der Waals surface area contributed by atoms with Gasteiger partial charge in [-0.3, -0.25) is 9.97 Å². The lowest BCUT2D eigenvalue weighted by Gasteiger charge is -2.34. The topological polar surface area (TPSA) is 76.6 Å². The van der Waals surface area contributed by atoms with Crippen molar-refractivity contribution in [3.05, 3.63) is 24.3 Å². The van der Waals surface area contributed by atoms with E-state index in [-0.39, 0.29) is 12.1 Å². The van der Waals surface area contributed by atoms with E-state index in [9.17, 15) is 4.79 Å². The average molecular weight is 348 g/mol. The van der Waals surface area contributed by atoms with Crippen molar-refractivity contribution in [1.29, 1.82) is 0 Å². The summed E-state index contributed by atoms with van der Waals surface area (Å²) in [6, 6.07) is -0.106. The summed E-state index contributed by atoms with van der Waals surface area (Å²) < 4.78 is 12.1. The number of ether oxygens (including phenoxy) is 2. The van der Waals surface area contributed by atoms with Gasteiger partial charge in [-0.15, -0.1) is 0 Å². The molecule has 0 radical (unpaired) electrons. The lowest BCUT2D eigenvalue weighted by atomic mass is 9.86. The molecular weight excluding hydrogens is 320 g/mol. The van der Waals surface area contributed by atoms with Gasteiger partial charge in [0.2, 0.25) is 0 Å². The number of likely N-dealkylation sites (N-methyl/N-ethyl adjacent to an activating group) is 1. The third-order valence-electron chi connectivity index (χ3n) is 5.10. The summed E-state index contributed by atoms with van der Waals surface area (Å²) in [5.74, 6) is 0.347. The molecule has 1 spiro atoms. The summed E-state index contributed by atoms with van der Waals surface area (Å²) in [5, 5.41) is 2.94. The highest BCUT2D eigenvalue weighted by atomic mass is 16.7. The normalized spacial score (nSPS) is 28.9. The van der Waals surface area contributed by atoms with E-state index in [0.29, 0.717) is 26.1 Å². The van der Waals surface area contributed by atoms with Gasteiger partial charge in [-0.1, -0.05) is 6.92 Å². The predicted molar refractivity (Wildman–Crippen MR) is 93.0 cm³/mol. The highest BCUT2D eigenvalue weighted by Gasteiger charge is 2.43. The molecule has 2 fully saturated rings. The van der Waals surface area contributed by atoms with Crippen LogP contribution < -0.4 is 5.32 Å². The number of carbonyl (C=O) groups is 1. The van der Waals surface area contributed by atoms with Gasteiger partial charge in [-0.05, 0) is 18.8 Å². The fourth-order valence-electron chi connectivity index (χ4n) is 3.36. The Morgan fingerprint density at radius 1 is 1.40 bits per heavy atom. The number of carbonyl (C=O) groups excluding carboxylic acids is 1. The predicted octanol–water partition coefficient (Wildman–Crippen LogP) is 1.98. The molecule has 2 amide bonds. The number of urea groups is 1. The zero-order chi connectivity index (χ0) is 17.7. The molecule has 3 rings (SSSR count). The van der Waals surface area contributed by atoms with E-state index < -0.39 is 5.79 Å². The Morgan fingerprint density at radius 3 is 2.92 bits per heavy atom. The minimum Gasteiger partial charge on any atom is -0.347 e. The van der Waals surface area contributed by atoms with Gasteiger partial charge in [0.25, 0.3) is 0 Å². The fourth-order valence-corrected chi connectivity index (χ4v) is 3.36. The van der Waals surface area contributed by atoms with Crippen LogP contribution in [0.3, 0.4) is 0 Å². The first-order valence-corrected chi connectivity index (χ1v) is 9.12. The van der Waals surface area contributed by atoms with E-state index in [4.69, 9.17) is 9.47 Å². The fraction of sp³-hybridized carbons (Fsp3) is 0.722. The largest absolute Gasteiger partial charge is 0.347 e. The Balaban J connectivity index is 1.37. The van der Waals surface area contributed by atoms with Crippen LogP contribution in [-0.4, -0.2) is 59.5 Å². The van der Waals surface area contributed by atoms with Crippen LogP contribution in [0.15, 0.2) is 18.6 Å². The summed E-state index contributed by atoms with van der Waals surface area (Å²) in [7, 11) is 1.78.